The van der Waals surface area contributed by atoms with Crippen LogP contribution in [0.1, 0.15) is 73.1 Å². The number of carbonyl (C=O) groups is 2. The Morgan fingerprint density at radius 1 is 1.05 bits per heavy atom. The Morgan fingerprint density at radius 3 is 2.39 bits per heavy atom. The zero-order valence-corrected chi connectivity index (χ0v) is 26.0. The average Bonchev–Trinajstić information content (AvgIpc) is 3.59. The fourth-order valence-corrected chi connectivity index (χ4v) is 6.90. The number of rotatable bonds is 9. The molecule has 1 saturated carbocycles. The topological polar surface area (TPSA) is 88.5 Å². The number of hydrogen-bond acceptors (Lipinski definition) is 5. The molecule has 4 aromatic rings. The SMILES string of the molecule is CC(C)(C)c1ccc(Oc2ccc3cc(C(=O)NC(Cc4ccc(Br)s4)C(=O)O)nc(CC4CCCC4)c3c2)cc1. The maximum Gasteiger partial charge on any atom is 0.326 e. The van der Waals surface area contributed by atoms with Gasteiger partial charge in [0.05, 0.1) is 3.79 Å². The highest BCUT2D eigenvalue weighted by Crippen LogP contribution is 2.33. The first-order valence-corrected chi connectivity index (χ1v) is 15.7. The molecule has 1 aliphatic rings. The summed E-state index contributed by atoms with van der Waals surface area (Å²) in [6, 6.07) is 18.4. The number of nitrogens with zero attached hydrogens (tertiary/aromatic N) is 1. The van der Waals surface area contributed by atoms with Crippen LogP contribution in [0, 0.1) is 5.92 Å². The van der Waals surface area contributed by atoms with E-state index in [1.54, 1.807) is 6.07 Å². The molecule has 1 atom stereocenters. The van der Waals surface area contributed by atoms with Crippen LogP contribution < -0.4 is 10.1 Å². The van der Waals surface area contributed by atoms with Crippen LogP contribution in [0.2, 0.25) is 0 Å². The predicted molar refractivity (Wildman–Crippen MR) is 167 cm³/mol. The normalized spacial score (nSPS) is 14.7. The summed E-state index contributed by atoms with van der Waals surface area (Å²) in [6.07, 6.45) is 5.69. The second-order valence-electron chi connectivity index (χ2n) is 11.8. The third-order valence-corrected chi connectivity index (χ3v) is 9.31. The smallest absolute Gasteiger partial charge is 0.326 e. The van der Waals surface area contributed by atoms with E-state index < -0.39 is 17.9 Å². The van der Waals surface area contributed by atoms with Gasteiger partial charge in [0.25, 0.3) is 5.91 Å². The Hall–Kier alpha value is -3.23. The Balaban J connectivity index is 1.42. The highest BCUT2D eigenvalue weighted by Gasteiger charge is 2.24. The number of fused-ring (bicyclic) bond motifs is 1. The molecular weight excluding hydrogens is 600 g/mol. The summed E-state index contributed by atoms with van der Waals surface area (Å²) in [4.78, 5) is 31.0. The number of aliphatic carboxylic acids is 1. The van der Waals surface area contributed by atoms with Crippen molar-refractivity contribution < 1.29 is 19.4 Å². The molecule has 1 amide bonds. The second kappa shape index (κ2) is 12.3. The van der Waals surface area contributed by atoms with Gasteiger partial charge in [-0.05, 0) is 87.1 Å². The first-order valence-electron chi connectivity index (χ1n) is 14.0. The quantitative estimate of drug-likeness (QED) is 0.193. The summed E-state index contributed by atoms with van der Waals surface area (Å²) in [5, 5.41) is 14.3. The van der Waals surface area contributed by atoms with Gasteiger partial charge in [-0.15, -0.1) is 11.3 Å². The van der Waals surface area contributed by atoms with Gasteiger partial charge in [0.2, 0.25) is 0 Å². The van der Waals surface area contributed by atoms with E-state index in [2.05, 4.69) is 54.2 Å². The van der Waals surface area contributed by atoms with Crippen LogP contribution in [0.25, 0.3) is 10.8 Å². The van der Waals surface area contributed by atoms with Crippen LogP contribution in [0.4, 0.5) is 0 Å². The number of benzene rings is 2. The van der Waals surface area contributed by atoms with Crippen molar-refractivity contribution >= 4 is 49.9 Å². The molecule has 1 fully saturated rings. The van der Waals surface area contributed by atoms with Gasteiger partial charge >= 0.3 is 5.97 Å². The predicted octanol–water partition coefficient (Wildman–Crippen LogP) is 8.31. The molecule has 0 spiro atoms. The molecule has 1 unspecified atom stereocenters. The number of carbonyl (C=O) groups excluding carboxylic acids is 1. The fraction of sp³-hybridized carbons (Fsp3) is 0.364. The van der Waals surface area contributed by atoms with E-state index in [1.807, 2.05) is 42.5 Å². The Labute approximate surface area is 253 Å². The molecule has 0 saturated heterocycles. The molecular formula is C33H35BrN2O4S. The van der Waals surface area contributed by atoms with Crippen LogP contribution >= 0.6 is 27.3 Å². The number of aromatic nitrogens is 1. The lowest BCUT2D eigenvalue weighted by Gasteiger charge is -2.19. The van der Waals surface area contributed by atoms with Crippen molar-refractivity contribution in [1.29, 1.82) is 0 Å². The Kier molecular flexibility index (Phi) is 8.80. The molecule has 214 valence electrons. The summed E-state index contributed by atoms with van der Waals surface area (Å²) in [6.45, 7) is 6.55. The van der Waals surface area contributed by atoms with Gasteiger partial charge in [0, 0.05) is 22.4 Å². The molecule has 1 aliphatic carbocycles. The third kappa shape index (κ3) is 7.35. The summed E-state index contributed by atoms with van der Waals surface area (Å²) >= 11 is 4.87. The molecule has 2 aromatic carbocycles. The molecule has 41 heavy (non-hydrogen) atoms. The molecule has 8 heteroatoms. The molecule has 5 rings (SSSR count). The van der Waals surface area contributed by atoms with E-state index in [9.17, 15) is 14.7 Å². The molecule has 0 radical (unpaired) electrons. The molecule has 0 aliphatic heterocycles. The number of nitrogens with one attached hydrogen (secondary N) is 1. The van der Waals surface area contributed by atoms with Gasteiger partial charge in [-0.25, -0.2) is 9.78 Å². The third-order valence-electron chi connectivity index (χ3n) is 7.67. The number of amides is 1. The van der Waals surface area contributed by atoms with Crippen molar-refractivity contribution in [3.63, 3.8) is 0 Å². The first kappa shape index (κ1) is 29.3. The van der Waals surface area contributed by atoms with Crippen LogP contribution in [-0.2, 0) is 23.1 Å². The summed E-state index contributed by atoms with van der Waals surface area (Å²) in [5.41, 5.74) is 2.39. The largest absolute Gasteiger partial charge is 0.480 e. The molecule has 6 nitrogen and oxygen atoms in total. The number of ether oxygens (including phenoxy) is 1. The minimum Gasteiger partial charge on any atom is -0.480 e. The van der Waals surface area contributed by atoms with E-state index in [-0.39, 0.29) is 17.5 Å². The first-order chi connectivity index (χ1) is 19.5. The lowest BCUT2D eigenvalue weighted by molar-refractivity contribution is -0.139. The standard InChI is InChI=1S/C33H35BrN2O4S/c1-33(2,3)22-9-12-23(13-10-22)40-24-11-8-21-17-28(35-27(26(21)18-24)16-20-6-4-5-7-20)31(37)36-29(32(38)39)19-25-14-15-30(34)41-25/h8-15,17-18,20,29H,4-7,16,19H2,1-3H3,(H,36,37)(H,38,39). The van der Waals surface area contributed by atoms with Gasteiger partial charge in [-0.1, -0.05) is 64.7 Å². The van der Waals surface area contributed by atoms with E-state index in [0.717, 1.165) is 50.1 Å². The number of carboxylic acid groups (broad SMARTS) is 1. The zero-order chi connectivity index (χ0) is 29.1. The molecule has 2 aromatic heterocycles. The van der Waals surface area contributed by atoms with E-state index in [0.29, 0.717) is 11.7 Å². The van der Waals surface area contributed by atoms with Gasteiger partial charge in [-0.2, -0.15) is 0 Å². The van der Waals surface area contributed by atoms with Crippen LogP contribution in [0.15, 0.2) is 64.5 Å². The van der Waals surface area contributed by atoms with E-state index in [1.165, 1.54) is 29.7 Å². The lowest BCUT2D eigenvalue weighted by Crippen LogP contribution is -2.42. The van der Waals surface area contributed by atoms with Crippen molar-refractivity contribution in [2.24, 2.45) is 5.92 Å². The summed E-state index contributed by atoms with van der Waals surface area (Å²) < 4.78 is 7.14. The highest BCUT2D eigenvalue weighted by atomic mass is 79.9. The minimum absolute atomic E-state index is 0.0673. The maximum atomic E-state index is 13.3. The Morgan fingerprint density at radius 2 is 1.76 bits per heavy atom. The molecule has 2 heterocycles. The van der Waals surface area contributed by atoms with E-state index >= 15 is 0 Å². The Bertz CT molecular complexity index is 1550. The van der Waals surface area contributed by atoms with Gasteiger partial charge in [0.15, 0.2) is 0 Å². The number of thiophene rings is 1. The number of halogens is 1. The van der Waals surface area contributed by atoms with Crippen LogP contribution in [0.5, 0.6) is 11.5 Å². The van der Waals surface area contributed by atoms with Crippen molar-refractivity contribution in [2.45, 2.75) is 70.8 Å². The van der Waals surface area contributed by atoms with Crippen molar-refractivity contribution in [2.75, 3.05) is 0 Å². The van der Waals surface area contributed by atoms with E-state index in [4.69, 9.17) is 9.72 Å². The van der Waals surface area contributed by atoms with Crippen LogP contribution in [-0.4, -0.2) is 28.0 Å². The monoisotopic (exact) mass is 634 g/mol. The minimum atomic E-state index is -1.08. The highest BCUT2D eigenvalue weighted by molar-refractivity contribution is 9.11. The maximum absolute atomic E-state index is 13.3. The fourth-order valence-electron chi connectivity index (χ4n) is 5.37. The van der Waals surface area contributed by atoms with Crippen molar-refractivity contribution in [3.05, 3.63) is 86.3 Å². The van der Waals surface area contributed by atoms with Crippen molar-refractivity contribution in [1.82, 2.24) is 10.3 Å². The van der Waals surface area contributed by atoms with Gasteiger partial charge in [-0.3, -0.25) is 4.79 Å². The number of carboxylic acids is 1. The van der Waals surface area contributed by atoms with Crippen LogP contribution in [0.3, 0.4) is 0 Å². The van der Waals surface area contributed by atoms with Crippen molar-refractivity contribution in [3.8, 4) is 11.5 Å². The zero-order valence-electron chi connectivity index (χ0n) is 23.6. The molecule has 2 N–H and O–H groups in total. The molecule has 0 bridgehead atoms. The number of hydrogen-bond donors (Lipinski definition) is 2. The summed E-state index contributed by atoms with van der Waals surface area (Å²) in [7, 11) is 0. The summed E-state index contributed by atoms with van der Waals surface area (Å²) in [5.74, 6) is 0.424. The number of pyridine rings is 1. The van der Waals surface area contributed by atoms with Gasteiger partial charge < -0.3 is 15.2 Å². The lowest BCUT2D eigenvalue weighted by atomic mass is 9.87. The van der Waals surface area contributed by atoms with Gasteiger partial charge in [0.1, 0.15) is 23.2 Å². The second-order valence-corrected chi connectivity index (χ2v) is 14.4. The average molecular weight is 636 g/mol.